The Kier molecular flexibility index (Phi) is 32.9. The lowest BCUT2D eigenvalue weighted by Crippen LogP contribution is -2.37. The molecule has 0 aromatic carbocycles. The highest BCUT2D eigenvalue weighted by Crippen LogP contribution is 2.43. The second kappa shape index (κ2) is 35.9. The summed E-state index contributed by atoms with van der Waals surface area (Å²) in [6.07, 6.45) is 48.1. The van der Waals surface area contributed by atoms with Crippen LogP contribution in [0.5, 0.6) is 0 Å². The fourth-order valence-electron chi connectivity index (χ4n) is 5.75. The minimum atomic E-state index is -4.41. The maximum atomic E-state index is 12.7. The molecule has 1 rings (SSSR count). The van der Waals surface area contributed by atoms with Crippen LogP contribution in [0, 0.1) is 0 Å². The molecule has 1 saturated heterocycles. The van der Waals surface area contributed by atoms with Crippen molar-refractivity contribution >= 4 is 19.8 Å². The Morgan fingerprint density at radius 1 is 0.644 bits per heavy atom. The van der Waals surface area contributed by atoms with Crippen LogP contribution in [-0.4, -0.2) is 87.1 Å². The molecule has 11 heteroatoms. The van der Waals surface area contributed by atoms with E-state index in [-0.39, 0.29) is 26.1 Å². The van der Waals surface area contributed by atoms with Gasteiger partial charge in [0.2, 0.25) is 0 Å². The van der Waals surface area contributed by atoms with Crippen molar-refractivity contribution in [2.75, 3.05) is 47.5 Å². The number of epoxide rings is 1. The number of esters is 2. The molecule has 0 spiro atoms. The van der Waals surface area contributed by atoms with Crippen LogP contribution in [0.15, 0.2) is 85.1 Å². The smallest absolute Gasteiger partial charge is 0.462 e. The van der Waals surface area contributed by atoms with Gasteiger partial charge in [0.1, 0.15) is 19.8 Å². The van der Waals surface area contributed by atoms with Crippen molar-refractivity contribution in [3.05, 3.63) is 85.1 Å². The van der Waals surface area contributed by atoms with E-state index < -0.39 is 32.5 Å². The monoisotopic (exact) mass is 847 g/mol. The average molecular weight is 847 g/mol. The summed E-state index contributed by atoms with van der Waals surface area (Å²) in [5.74, 6) is -0.929. The molecule has 3 unspecified atom stereocenters. The van der Waals surface area contributed by atoms with Crippen LogP contribution < -0.4 is 0 Å². The number of allylic oxidation sites excluding steroid dienone is 13. The van der Waals surface area contributed by atoms with Gasteiger partial charge in [0.15, 0.2) is 6.10 Å². The van der Waals surface area contributed by atoms with E-state index >= 15 is 0 Å². The number of carbonyl (C=O) groups is 2. The van der Waals surface area contributed by atoms with Crippen molar-refractivity contribution in [1.82, 2.24) is 0 Å². The van der Waals surface area contributed by atoms with Gasteiger partial charge in [-0.15, -0.1) is 0 Å². The Balaban J connectivity index is 2.35. The van der Waals surface area contributed by atoms with Gasteiger partial charge >= 0.3 is 19.8 Å². The first kappa shape index (κ1) is 54.2. The molecule has 0 amide bonds. The Morgan fingerprint density at radius 3 is 1.83 bits per heavy atom. The molecule has 4 atom stereocenters. The van der Waals surface area contributed by atoms with Crippen molar-refractivity contribution in [2.45, 2.75) is 161 Å². The Morgan fingerprint density at radius 2 is 1.22 bits per heavy atom. The van der Waals surface area contributed by atoms with Crippen molar-refractivity contribution in [3.63, 3.8) is 0 Å². The molecule has 1 N–H and O–H groups in total. The fraction of sp³-hybridized carbons (Fsp3) is 0.667. The molecule has 336 valence electrons. The van der Waals surface area contributed by atoms with Crippen LogP contribution in [0.1, 0.15) is 142 Å². The largest absolute Gasteiger partial charge is 0.472 e. The zero-order valence-electron chi connectivity index (χ0n) is 37.4. The summed E-state index contributed by atoms with van der Waals surface area (Å²) < 4.78 is 40.0. The van der Waals surface area contributed by atoms with Gasteiger partial charge in [0.05, 0.1) is 40.0 Å². The molecule has 1 aliphatic rings. The number of hydrogen-bond donors (Lipinski definition) is 1. The van der Waals surface area contributed by atoms with Crippen LogP contribution >= 0.6 is 7.82 Å². The molecule has 0 aromatic heterocycles. The van der Waals surface area contributed by atoms with Crippen molar-refractivity contribution in [2.24, 2.45) is 0 Å². The van der Waals surface area contributed by atoms with Crippen LogP contribution in [0.4, 0.5) is 0 Å². The molecule has 1 fully saturated rings. The van der Waals surface area contributed by atoms with Gasteiger partial charge in [-0.3, -0.25) is 18.6 Å². The van der Waals surface area contributed by atoms with E-state index in [1.165, 1.54) is 19.3 Å². The Bertz CT molecular complexity index is 1340. The summed E-state index contributed by atoms with van der Waals surface area (Å²) in [6.45, 7) is 4.14. The third-order valence-electron chi connectivity index (χ3n) is 9.35. The summed E-state index contributed by atoms with van der Waals surface area (Å²) in [7, 11) is 1.40. The fourth-order valence-corrected chi connectivity index (χ4v) is 6.49. The van der Waals surface area contributed by atoms with Gasteiger partial charge in [-0.05, 0) is 77.0 Å². The molecular formula is C48H81NO9P+. The van der Waals surface area contributed by atoms with E-state index in [0.717, 1.165) is 83.5 Å². The Labute approximate surface area is 358 Å². The lowest BCUT2D eigenvalue weighted by atomic mass is 10.1. The molecule has 10 nitrogen and oxygen atoms in total. The number of ether oxygens (including phenoxy) is 3. The summed E-state index contributed by atoms with van der Waals surface area (Å²) >= 11 is 0. The number of phosphoric ester groups is 1. The van der Waals surface area contributed by atoms with E-state index in [1.807, 2.05) is 33.3 Å². The summed E-state index contributed by atoms with van der Waals surface area (Å²) in [4.78, 5) is 35.4. The van der Waals surface area contributed by atoms with E-state index in [9.17, 15) is 19.0 Å². The van der Waals surface area contributed by atoms with E-state index in [4.69, 9.17) is 23.3 Å². The van der Waals surface area contributed by atoms with Gasteiger partial charge in [-0.2, -0.15) is 0 Å². The van der Waals surface area contributed by atoms with Gasteiger partial charge in [0.25, 0.3) is 0 Å². The van der Waals surface area contributed by atoms with Crippen molar-refractivity contribution in [3.8, 4) is 0 Å². The number of phosphoric acid groups is 1. The second-order valence-electron chi connectivity index (χ2n) is 16.1. The summed E-state index contributed by atoms with van der Waals surface area (Å²) in [5, 5.41) is 0. The maximum Gasteiger partial charge on any atom is 0.472 e. The van der Waals surface area contributed by atoms with Crippen molar-refractivity contribution < 1.29 is 46.8 Å². The van der Waals surface area contributed by atoms with Crippen molar-refractivity contribution in [1.29, 1.82) is 0 Å². The standard InChI is InChI=1S/C48H80NO9P/c1-6-8-10-12-14-15-16-17-18-19-20-21-22-23-24-25-26-30-35-39-48(51)57-44(43-56-59(52,53)55-41-40-49(3,4)5)42-54-47(50)38-34-31-27-29-33-37-46-45(58-46)36-32-28-13-11-9-7-2/h8,10,14-15,17-18,20-21,23-24,26,28,30,32,44-46H,6-7,9,11-13,16,19,22,25,27,29,31,33-43H2,1-5H3/p+1/b10-8-,15-14-,18-17-,21-20-,24-23-,30-26-,32-28-/t44-,45?,46?/m1/s1. The highest BCUT2D eigenvalue weighted by Gasteiger charge is 2.36. The third kappa shape index (κ3) is 36.7. The summed E-state index contributed by atoms with van der Waals surface area (Å²) in [5.41, 5.74) is 0. The van der Waals surface area contributed by atoms with Gasteiger partial charge in [-0.25, -0.2) is 4.57 Å². The molecule has 0 aromatic rings. The minimum Gasteiger partial charge on any atom is -0.462 e. The van der Waals surface area contributed by atoms with E-state index in [0.29, 0.717) is 36.1 Å². The average Bonchev–Trinajstić information content (AvgIpc) is 3.94. The number of quaternary nitrogens is 1. The van der Waals surface area contributed by atoms with Gasteiger partial charge in [0, 0.05) is 12.8 Å². The van der Waals surface area contributed by atoms with Crippen LogP contribution in [0.2, 0.25) is 0 Å². The zero-order valence-corrected chi connectivity index (χ0v) is 38.3. The van der Waals surface area contributed by atoms with E-state index in [2.05, 4.69) is 86.8 Å². The third-order valence-corrected chi connectivity index (χ3v) is 10.3. The highest BCUT2D eigenvalue weighted by molar-refractivity contribution is 7.47. The minimum absolute atomic E-state index is 0.00834. The Hall–Kier alpha value is -2.85. The van der Waals surface area contributed by atoms with Crippen LogP contribution in [0.25, 0.3) is 0 Å². The van der Waals surface area contributed by atoms with Crippen LogP contribution in [0.3, 0.4) is 0 Å². The zero-order chi connectivity index (χ0) is 43.3. The molecule has 0 saturated carbocycles. The second-order valence-corrected chi connectivity index (χ2v) is 17.5. The van der Waals surface area contributed by atoms with E-state index in [1.54, 1.807) is 0 Å². The lowest BCUT2D eigenvalue weighted by Gasteiger charge is -2.24. The number of likely N-dealkylation sites (N-methyl/N-ethyl adjacent to an activating group) is 1. The lowest BCUT2D eigenvalue weighted by molar-refractivity contribution is -0.870. The molecule has 0 bridgehead atoms. The molecule has 59 heavy (non-hydrogen) atoms. The number of carbonyl (C=O) groups excluding carboxylic acids is 2. The SMILES string of the molecule is CC/C=C\C/C=C\C/C=C\C/C=C\C/C=C\C/C=C\CCC(=O)O[C@H](COC(=O)CCCCCCCC1OC1C/C=C\CCCCC)COP(=O)(O)OCC[N+](C)(C)C. The first-order chi connectivity index (χ1) is 28.5. The topological polar surface area (TPSA) is 121 Å². The molecule has 0 radical (unpaired) electrons. The predicted octanol–water partition coefficient (Wildman–Crippen LogP) is 11.8. The number of nitrogens with zero attached hydrogens (tertiary/aromatic N) is 1. The molecule has 0 aliphatic carbocycles. The van der Waals surface area contributed by atoms with Gasteiger partial charge in [-0.1, -0.05) is 137 Å². The highest BCUT2D eigenvalue weighted by atomic mass is 31.2. The number of rotatable bonds is 38. The quantitative estimate of drug-likeness (QED) is 0.0162. The molecule has 1 heterocycles. The summed E-state index contributed by atoms with van der Waals surface area (Å²) in [6, 6.07) is 0. The predicted molar refractivity (Wildman–Crippen MR) is 242 cm³/mol. The molecular weight excluding hydrogens is 766 g/mol. The first-order valence-electron chi connectivity index (χ1n) is 22.4. The number of hydrogen-bond acceptors (Lipinski definition) is 8. The normalized spacial score (nSPS) is 17.8. The van der Waals surface area contributed by atoms with Gasteiger partial charge < -0.3 is 23.6 Å². The maximum absolute atomic E-state index is 12.7. The molecule has 1 aliphatic heterocycles. The number of unbranched alkanes of at least 4 members (excludes halogenated alkanes) is 7. The first-order valence-corrected chi connectivity index (χ1v) is 23.9. The van der Waals surface area contributed by atoms with Crippen LogP contribution in [-0.2, 0) is 37.4 Å².